The zero-order valence-electron chi connectivity index (χ0n) is 14.8. The maximum absolute atomic E-state index is 11.9. The molecule has 0 aromatic heterocycles. The number of nitro groups is 1. The zero-order chi connectivity index (χ0) is 20.7. The summed E-state index contributed by atoms with van der Waals surface area (Å²) in [5.74, 6) is -1.39. The van der Waals surface area contributed by atoms with Crippen LogP contribution in [0.15, 0.2) is 46.0 Å². The first-order valence-corrected chi connectivity index (χ1v) is 8.91. The highest BCUT2D eigenvalue weighted by Gasteiger charge is 2.17. The van der Waals surface area contributed by atoms with Crippen LogP contribution in [0.4, 0.5) is 11.4 Å². The van der Waals surface area contributed by atoms with Crippen molar-refractivity contribution < 1.29 is 19.6 Å². The summed E-state index contributed by atoms with van der Waals surface area (Å²) in [7, 11) is 0. The number of nitrogens with one attached hydrogen (secondary N) is 2. The van der Waals surface area contributed by atoms with E-state index in [1.165, 1.54) is 6.07 Å². The molecule has 0 spiro atoms. The van der Waals surface area contributed by atoms with Gasteiger partial charge < -0.3 is 10.4 Å². The quantitative estimate of drug-likeness (QED) is 0.339. The van der Waals surface area contributed by atoms with Crippen molar-refractivity contribution in [2.24, 2.45) is 5.10 Å². The van der Waals surface area contributed by atoms with Crippen LogP contribution in [-0.2, 0) is 9.59 Å². The van der Waals surface area contributed by atoms with Crippen molar-refractivity contribution in [3.05, 3.63) is 62.1 Å². The van der Waals surface area contributed by atoms with Crippen molar-refractivity contribution in [2.75, 3.05) is 5.32 Å². The van der Waals surface area contributed by atoms with E-state index in [0.717, 1.165) is 17.8 Å². The minimum Gasteiger partial charge on any atom is -0.502 e. The van der Waals surface area contributed by atoms with E-state index in [0.29, 0.717) is 10.2 Å². The third-order valence-electron chi connectivity index (χ3n) is 3.67. The summed E-state index contributed by atoms with van der Waals surface area (Å²) >= 11 is 3.10. The van der Waals surface area contributed by atoms with Gasteiger partial charge in [0.2, 0.25) is 17.6 Å². The number of phenolic OH excluding ortho intramolecular Hbond substituents is 1. The third kappa shape index (κ3) is 5.88. The van der Waals surface area contributed by atoms with Crippen LogP contribution in [0.2, 0.25) is 0 Å². The Hall–Kier alpha value is -3.27. The van der Waals surface area contributed by atoms with Gasteiger partial charge in [0.1, 0.15) is 0 Å². The lowest BCUT2D eigenvalue weighted by Crippen LogP contribution is -2.20. The molecule has 2 aromatic carbocycles. The maximum Gasteiger partial charge on any atom is 0.312 e. The van der Waals surface area contributed by atoms with Gasteiger partial charge in [-0.2, -0.15) is 5.10 Å². The van der Waals surface area contributed by atoms with Gasteiger partial charge in [0, 0.05) is 34.6 Å². The molecule has 0 saturated heterocycles. The van der Waals surface area contributed by atoms with Crippen molar-refractivity contribution in [3.63, 3.8) is 0 Å². The molecule has 3 N–H and O–H groups in total. The van der Waals surface area contributed by atoms with Crippen LogP contribution in [0.5, 0.6) is 5.75 Å². The molecule has 146 valence electrons. The topological polar surface area (TPSA) is 134 Å². The van der Waals surface area contributed by atoms with E-state index in [9.17, 15) is 24.8 Å². The molecule has 0 saturated carbocycles. The predicted molar refractivity (Wildman–Crippen MR) is 107 cm³/mol. The van der Waals surface area contributed by atoms with Crippen LogP contribution >= 0.6 is 15.9 Å². The number of nitro benzene ring substituents is 1. The summed E-state index contributed by atoms with van der Waals surface area (Å²) in [4.78, 5) is 33.9. The first-order valence-electron chi connectivity index (χ1n) is 8.12. The number of amides is 2. The Kier molecular flexibility index (Phi) is 7.21. The van der Waals surface area contributed by atoms with Crippen molar-refractivity contribution in [1.82, 2.24) is 5.43 Å². The lowest BCUT2D eigenvalue weighted by Gasteiger charge is -2.07. The summed E-state index contributed by atoms with van der Waals surface area (Å²) < 4.78 is 0.373. The average Bonchev–Trinajstić information content (AvgIpc) is 2.64. The Morgan fingerprint density at radius 2 is 1.93 bits per heavy atom. The molecule has 0 fully saturated rings. The van der Waals surface area contributed by atoms with Crippen LogP contribution in [0.3, 0.4) is 0 Å². The number of para-hydroxylation sites is 1. The molecular weight excluding hydrogens is 432 g/mol. The van der Waals surface area contributed by atoms with Crippen LogP contribution in [0.25, 0.3) is 0 Å². The highest BCUT2D eigenvalue weighted by atomic mass is 79.9. The van der Waals surface area contributed by atoms with Crippen molar-refractivity contribution >= 4 is 45.3 Å². The minimum atomic E-state index is -0.733. The lowest BCUT2D eigenvalue weighted by molar-refractivity contribution is -0.385. The molecule has 2 rings (SSSR count). The van der Waals surface area contributed by atoms with Crippen LogP contribution in [0.1, 0.15) is 24.0 Å². The van der Waals surface area contributed by atoms with Gasteiger partial charge in [0.15, 0.2) is 0 Å². The number of hydrogen-bond acceptors (Lipinski definition) is 6. The molecule has 0 aliphatic carbocycles. The Morgan fingerprint density at radius 3 is 2.61 bits per heavy atom. The number of anilines is 1. The van der Waals surface area contributed by atoms with E-state index in [1.807, 2.05) is 19.1 Å². The number of aryl methyl sites for hydroxylation is 1. The van der Waals surface area contributed by atoms with Crippen molar-refractivity contribution in [2.45, 2.75) is 19.8 Å². The van der Waals surface area contributed by atoms with Gasteiger partial charge >= 0.3 is 5.69 Å². The Morgan fingerprint density at radius 1 is 1.25 bits per heavy atom. The van der Waals surface area contributed by atoms with Crippen LogP contribution in [0, 0.1) is 17.0 Å². The number of carbonyl (C=O) groups is 2. The Balaban J connectivity index is 1.88. The number of rotatable bonds is 7. The van der Waals surface area contributed by atoms with Gasteiger partial charge in [-0.05, 0) is 24.6 Å². The molecule has 0 aliphatic rings. The van der Waals surface area contributed by atoms with Crippen LogP contribution < -0.4 is 10.7 Å². The van der Waals surface area contributed by atoms with E-state index in [1.54, 1.807) is 12.1 Å². The first-order chi connectivity index (χ1) is 13.3. The van der Waals surface area contributed by atoms with Crippen LogP contribution in [-0.4, -0.2) is 28.1 Å². The third-order valence-corrected chi connectivity index (χ3v) is 4.13. The van der Waals surface area contributed by atoms with E-state index >= 15 is 0 Å². The van der Waals surface area contributed by atoms with E-state index in [2.05, 4.69) is 31.8 Å². The van der Waals surface area contributed by atoms with Gasteiger partial charge in [-0.25, -0.2) is 5.43 Å². The largest absolute Gasteiger partial charge is 0.502 e. The molecule has 9 nitrogen and oxygen atoms in total. The number of halogens is 1. The molecule has 0 radical (unpaired) electrons. The van der Waals surface area contributed by atoms with E-state index < -0.39 is 22.3 Å². The molecule has 2 aromatic rings. The zero-order valence-corrected chi connectivity index (χ0v) is 16.4. The molecule has 0 unspecified atom stereocenters. The van der Waals surface area contributed by atoms with E-state index in [-0.39, 0.29) is 24.3 Å². The normalized spacial score (nSPS) is 10.6. The fourth-order valence-electron chi connectivity index (χ4n) is 2.23. The SMILES string of the molecule is Cc1ccccc1NC(=O)CCC(=O)N/N=C\c1cc(Br)cc([N+](=O)[O-])c1O. The first kappa shape index (κ1) is 21.0. The highest BCUT2D eigenvalue weighted by molar-refractivity contribution is 9.10. The summed E-state index contributed by atoms with van der Waals surface area (Å²) in [6.45, 7) is 1.86. The Bertz CT molecular complexity index is 946. The molecule has 0 bridgehead atoms. The molecule has 0 heterocycles. The predicted octanol–water partition coefficient (Wildman–Crippen LogP) is 3.24. The summed E-state index contributed by atoms with van der Waals surface area (Å²) in [6.07, 6.45) is 0.946. The lowest BCUT2D eigenvalue weighted by atomic mass is 10.2. The van der Waals surface area contributed by atoms with Gasteiger partial charge in [0.05, 0.1) is 11.1 Å². The molecule has 28 heavy (non-hydrogen) atoms. The fourth-order valence-corrected chi connectivity index (χ4v) is 2.69. The van der Waals surface area contributed by atoms with Gasteiger partial charge in [-0.1, -0.05) is 34.1 Å². The second-order valence-electron chi connectivity index (χ2n) is 5.78. The van der Waals surface area contributed by atoms with Gasteiger partial charge in [-0.3, -0.25) is 19.7 Å². The number of nitrogens with zero attached hydrogens (tertiary/aromatic N) is 2. The summed E-state index contributed by atoms with van der Waals surface area (Å²) in [5.41, 5.74) is 3.36. The smallest absolute Gasteiger partial charge is 0.312 e. The second kappa shape index (κ2) is 9.60. The Labute approximate surface area is 168 Å². The number of carbonyl (C=O) groups excluding carboxylic acids is 2. The summed E-state index contributed by atoms with van der Waals surface area (Å²) in [5, 5.41) is 27.1. The van der Waals surface area contributed by atoms with Gasteiger partial charge in [0.25, 0.3) is 0 Å². The molecule has 10 heteroatoms. The molecular formula is C18H17BrN4O5. The fraction of sp³-hybridized carbons (Fsp3) is 0.167. The van der Waals surface area contributed by atoms with Gasteiger partial charge in [-0.15, -0.1) is 0 Å². The molecule has 0 aliphatic heterocycles. The molecule has 0 atom stereocenters. The minimum absolute atomic E-state index is 0.0384. The number of aromatic hydroxyl groups is 1. The standard InChI is InChI=1S/C18H17BrN4O5/c1-11-4-2-3-5-14(11)21-16(24)6-7-17(25)22-20-10-12-8-13(19)9-15(18(12)26)23(27)28/h2-5,8-10,26H,6-7H2,1H3,(H,21,24)(H,22,25)/b20-10-. The average molecular weight is 449 g/mol. The maximum atomic E-state index is 11.9. The number of benzene rings is 2. The monoisotopic (exact) mass is 448 g/mol. The number of phenols is 1. The summed E-state index contributed by atoms with van der Waals surface area (Å²) in [6, 6.07) is 9.84. The number of hydrazone groups is 1. The highest BCUT2D eigenvalue weighted by Crippen LogP contribution is 2.32. The van der Waals surface area contributed by atoms with Crippen molar-refractivity contribution in [3.8, 4) is 5.75 Å². The second-order valence-corrected chi connectivity index (χ2v) is 6.69. The van der Waals surface area contributed by atoms with Crippen molar-refractivity contribution in [1.29, 1.82) is 0 Å². The molecule has 2 amide bonds. The number of hydrogen-bond donors (Lipinski definition) is 3. The van der Waals surface area contributed by atoms with E-state index in [4.69, 9.17) is 0 Å².